The molecule has 1 aliphatic carbocycles. The smallest absolute Gasteiger partial charge is 0.335 e. The number of carbonyl (C=O) groups is 1. The first kappa shape index (κ1) is 17.0. The second-order valence-corrected chi connectivity index (χ2v) is 7.08. The van der Waals surface area contributed by atoms with Gasteiger partial charge in [-0.3, -0.25) is 0 Å². The standard InChI is InChI=1S/C20H21ClO3/c21-18-3-1-2-16(12-18)19(22)17-9-6-14(11-17)10-13-4-7-15(8-5-13)20(23)24/h1-5,7-8,12,14,17,19,22H,6,9-11H2,(H,23,24)/t14?,17-,19+/m0/s1. The molecule has 2 aromatic carbocycles. The minimum absolute atomic E-state index is 0.256. The maximum absolute atomic E-state index is 10.9. The summed E-state index contributed by atoms with van der Waals surface area (Å²) in [7, 11) is 0. The summed E-state index contributed by atoms with van der Waals surface area (Å²) in [4.78, 5) is 10.9. The average molecular weight is 345 g/mol. The van der Waals surface area contributed by atoms with Crippen molar-refractivity contribution in [1.29, 1.82) is 0 Å². The fraction of sp³-hybridized carbons (Fsp3) is 0.350. The Morgan fingerprint density at radius 1 is 1.17 bits per heavy atom. The number of carboxylic acid groups (broad SMARTS) is 1. The first-order chi connectivity index (χ1) is 11.5. The normalized spacial score (nSPS) is 21.6. The number of hydrogen-bond donors (Lipinski definition) is 2. The molecule has 0 heterocycles. The van der Waals surface area contributed by atoms with Gasteiger partial charge in [0.2, 0.25) is 0 Å². The summed E-state index contributed by atoms with van der Waals surface area (Å²) < 4.78 is 0. The van der Waals surface area contributed by atoms with E-state index in [0.717, 1.165) is 36.8 Å². The summed E-state index contributed by atoms with van der Waals surface area (Å²) in [6.45, 7) is 0. The molecule has 1 unspecified atom stereocenters. The molecule has 0 amide bonds. The van der Waals surface area contributed by atoms with E-state index in [4.69, 9.17) is 16.7 Å². The van der Waals surface area contributed by atoms with Crippen molar-refractivity contribution in [2.75, 3.05) is 0 Å². The molecule has 24 heavy (non-hydrogen) atoms. The van der Waals surface area contributed by atoms with Crippen LogP contribution in [0.25, 0.3) is 0 Å². The largest absolute Gasteiger partial charge is 0.478 e. The van der Waals surface area contributed by atoms with Crippen molar-refractivity contribution in [3.63, 3.8) is 0 Å². The lowest BCUT2D eigenvalue weighted by molar-refractivity contribution is 0.0697. The van der Waals surface area contributed by atoms with Gasteiger partial charge in [-0.1, -0.05) is 35.9 Å². The van der Waals surface area contributed by atoms with Crippen LogP contribution in [0.5, 0.6) is 0 Å². The minimum atomic E-state index is -0.896. The average Bonchev–Trinajstić information content (AvgIpc) is 3.03. The van der Waals surface area contributed by atoms with Gasteiger partial charge in [0.1, 0.15) is 0 Å². The van der Waals surface area contributed by atoms with E-state index in [1.165, 1.54) is 0 Å². The highest BCUT2D eigenvalue weighted by atomic mass is 35.5. The molecule has 1 aliphatic rings. The van der Waals surface area contributed by atoms with E-state index in [9.17, 15) is 9.90 Å². The van der Waals surface area contributed by atoms with Gasteiger partial charge in [-0.05, 0) is 72.9 Å². The molecule has 1 saturated carbocycles. The topological polar surface area (TPSA) is 57.5 Å². The van der Waals surface area contributed by atoms with E-state index < -0.39 is 12.1 Å². The van der Waals surface area contributed by atoms with Gasteiger partial charge in [-0.2, -0.15) is 0 Å². The number of rotatable bonds is 5. The zero-order chi connectivity index (χ0) is 17.1. The van der Waals surface area contributed by atoms with Crippen LogP contribution in [-0.2, 0) is 6.42 Å². The predicted molar refractivity (Wildman–Crippen MR) is 94.3 cm³/mol. The molecule has 2 aromatic rings. The van der Waals surface area contributed by atoms with Gasteiger partial charge in [-0.15, -0.1) is 0 Å². The highest BCUT2D eigenvalue weighted by Crippen LogP contribution is 2.40. The molecular weight excluding hydrogens is 324 g/mol. The number of aromatic carboxylic acids is 1. The van der Waals surface area contributed by atoms with Gasteiger partial charge in [0.25, 0.3) is 0 Å². The zero-order valence-corrected chi connectivity index (χ0v) is 14.1. The molecule has 4 heteroatoms. The number of hydrogen-bond acceptors (Lipinski definition) is 2. The molecule has 0 radical (unpaired) electrons. The van der Waals surface area contributed by atoms with Crippen molar-refractivity contribution < 1.29 is 15.0 Å². The number of halogens is 1. The lowest BCUT2D eigenvalue weighted by Crippen LogP contribution is -2.10. The fourth-order valence-electron chi connectivity index (χ4n) is 3.67. The first-order valence-electron chi connectivity index (χ1n) is 8.28. The molecule has 3 atom stereocenters. The third-order valence-electron chi connectivity index (χ3n) is 4.94. The van der Waals surface area contributed by atoms with Crippen molar-refractivity contribution in [3.8, 4) is 0 Å². The van der Waals surface area contributed by atoms with E-state index in [1.807, 2.05) is 36.4 Å². The SMILES string of the molecule is O=C(O)c1ccc(CC2CC[C@H]([C@H](O)c3cccc(Cl)c3)C2)cc1. The number of benzene rings is 2. The molecule has 0 bridgehead atoms. The van der Waals surface area contributed by atoms with Crippen molar-refractivity contribution in [2.24, 2.45) is 11.8 Å². The molecular formula is C20H21ClO3. The summed E-state index contributed by atoms with van der Waals surface area (Å²) in [5, 5.41) is 20.2. The van der Waals surface area contributed by atoms with Crippen LogP contribution in [0.3, 0.4) is 0 Å². The molecule has 126 valence electrons. The van der Waals surface area contributed by atoms with Crippen LogP contribution in [0, 0.1) is 11.8 Å². The Balaban J connectivity index is 1.60. The van der Waals surface area contributed by atoms with Gasteiger partial charge < -0.3 is 10.2 Å². The molecule has 0 spiro atoms. The van der Waals surface area contributed by atoms with Crippen LogP contribution >= 0.6 is 11.6 Å². The van der Waals surface area contributed by atoms with Crippen LogP contribution in [0.15, 0.2) is 48.5 Å². The Labute approximate surface area is 146 Å². The van der Waals surface area contributed by atoms with Gasteiger partial charge in [0.05, 0.1) is 11.7 Å². The third-order valence-corrected chi connectivity index (χ3v) is 5.18. The van der Waals surface area contributed by atoms with Crippen LogP contribution in [0.1, 0.15) is 46.9 Å². The van der Waals surface area contributed by atoms with E-state index in [-0.39, 0.29) is 5.92 Å². The quantitative estimate of drug-likeness (QED) is 0.824. The van der Waals surface area contributed by atoms with Crippen molar-refractivity contribution in [2.45, 2.75) is 31.8 Å². The summed E-state index contributed by atoms with van der Waals surface area (Å²) in [5.74, 6) is -0.113. The summed E-state index contributed by atoms with van der Waals surface area (Å²) >= 11 is 6.01. The van der Waals surface area contributed by atoms with Crippen LogP contribution < -0.4 is 0 Å². The highest BCUT2D eigenvalue weighted by Gasteiger charge is 2.30. The fourth-order valence-corrected chi connectivity index (χ4v) is 3.86. The molecule has 1 fully saturated rings. The zero-order valence-electron chi connectivity index (χ0n) is 13.4. The van der Waals surface area contributed by atoms with E-state index in [0.29, 0.717) is 16.5 Å². The third kappa shape index (κ3) is 3.97. The maximum atomic E-state index is 10.9. The lowest BCUT2D eigenvalue weighted by Gasteiger charge is -2.19. The summed E-state index contributed by atoms with van der Waals surface area (Å²) in [6.07, 6.45) is 3.53. The Kier molecular flexibility index (Phi) is 5.22. The van der Waals surface area contributed by atoms with Crippen LogP contribution in [0.2, 0.25) is 5.02 Å². The molecule has 0 aromatic heterocycles. The van der Waals surface area contributed by atoms with Crippen molar-refractivity contribution in [3.05, 3.63) is 70.2 Å². The number of aliphatic hydroxyl groups is 1. The predicted octanol–water partition coefficient (Wildman–Crippen LogP) is 4.73. The van der Waals surface area contributed by atoms with E-state index >= 15 is 0 Å². The summed E-state index contributed by atoms with van der Waals surface area (Å²) in [5.41, 5.74) is 2.36. The van der Waals surface area contributed by atoms with Gasteiger partial charge in [0.15, 0.2) is 0 Å². The molecule has 3 nitrogen and oxygen atoms in total. The highest BCUT2D eigenvalue weighted by molar-refractivity contribution is 6.30. The van der Waals surface area contributed by atoms with Crippen molar-refractivity contribution in [1.82, 2.24) is 0 Å². The maximum Gasteiger partial charge on any atom is 0.335 e. The molecule has 0 aliphatic heterocycles. The second-order valence-electron chi connectivity index (χ2n) is 6.65. The van der Waals surface area contributed by atoms with E-state index in [1.54, 1.807) is 12.1 Å². The Hall–Kier alpha value is -1.84. The Morgan fingerprint density at radius 2 is 1.92 bits per heavy atom. The molecule has 0 saturated heterocycles. The number of carboxylic acids is 1. The molecule has 3 rings (SSSR count). The van der Waals surface area contributed by atoms with Crippen LogP contribution in [0.4, 0.5) is 0 Å². The van der Waals surface area contributed by atoms with Crippen LogP contribution in [-0.4, -0.2) is 16.2 Å². The Morgan fingerprint density at radius 3 is 2.58 bits per heavy atom. The summed E-state index contributed by atoms with van der Waals surface area (Å²) in [6, 6.07) is 14.6. The van der Waals surface area contributed by atoms with Gasteiger partial charge in [0, 0.05) is 5.02 Å². The number of aliphatic hydroxyl groups excluding tert-OH is 1. The van der Waals surface area contributed by atoms with Gasteiger partial charge >= 0.3 is 5.97 Å². The van der Waals surface area contributed by atoms with E-state index in [2.05, 4.69) is 0 Å². The first-order valence-corrected chi connectivity index (χ1v) is 8.66. The second kappa shape index (κ2) is 7.37. The van der Waals surface area contributed by atoms with Gasteiger partial charge in [-0.25, -0.2) is 4.79 Å². The lowest BCUT2D eigenvalue weighted by atomic mass is 9.91. The Bertz CT molecular complexity index is 711. The monoisotopic (exact) mass is 344 g/mol. The van der Waals surface area contributed by atoms with Crippen molar-refractivity contribution >= 4 is 17.6 Å². The minimum Gasteiger partial charge on any atom is -0.478 e. The molecule has 2 N–H and O–H groups in total.